The van der Waals surface area contributed by atoms with Crippen molar-refractivity contribution in [2.24, 2.45) is 0 Å². The van der Waals surface area contributed by atoms with Crippen molar-refractivity contribution in [3.8, 4) is 5.75 Å². The van der Waals surface area contributed by atoms with Gasteiger partial charge < -0.3 is 15.4 Å². The highest BCUT2D eigenvalue weighted by Gasteiger charge is 2.33. The highest BCUT2D eigenvalue weighted by atomic mass is 19.4. The first-order valence-electron chi connectivity index (χ1n) is 7.74. The number of benzene rings is 2. The second kappa shape index (κ2) is 8.39. The van der Waals surface area contributed by atoms with Crippen LogP contribution >= 0.6 is 0 Å². The molecule has 0 saturated carbocycles. The van der Waals surface area contributed by atoms with Crippen LogP contribution in [0.15, 0.2) is 42.5 Å². The second-order valence-corrected chi connectivity index (χ2v) is 5.44. The van der Waals surface area contributed by atoms with E-state index >= 15 is 0 Å². The average molecular weight is 383 g/mol. The van der Waals surface area contributed by atoms with Crippen molar-refractivity contribution in [1.82, 2.24) is 0 Å². The molecule has 10 heteroatoms. The number of nitrogens with zero attached hydrogens (tertiary/aromatic N) is 1. The SMILES string of the molecule is COc1ccc(NC(=O)CCNc2ccc(C(F)(F)F)cc2[N+](=O)[O-])cc1. The molecule has 2 N–H and O–H groups in total. The molecule has 1 amide bonds. The molecule has 27 heavy (non-hydrogen) atoms. The molecule has 7 nitrogen and oxygen atoms in total. The molecule has 2 aromatic carbocycles. The monoisotopic (exact) mass is 383 g/mol. The number of carbonyl (C=O) groups is 1. The third-order valence-electron chi connectivity index (χ3n) is 3.56. The van der Waals surface area contributed by atoms with Crippen molar-refractivity contribution in [2.75, 3.05) is 24.3 Å². The number of hydrogen-bond acceptors (Lipinski definition) is 5. The van der Waals surface area contributed by atoms with E-state index < -0.39 is 22.4 Å². The van der Waals surface area contributed by atoms with Gasteiger partial charge in [0.1, 0.15) is 11.4 Å². The number of halogens is 3. The molecule has 0 atom stereocenters. The Labute approximate surface area is 152 Å². The molecule has 0 heterocycles. The minimum atomic E-state index is -4.68. The summed E-state index contributed by atoms with van der Waals surface area (Å²) in [4.78, 5) is 22.0. The molecule has 2 rings (SSSR count). The van der Waals surface area contributed by atoms with Gasteiger partial charge in [-0.3, -0.25) is 14.9 Å². The minimum absolute atomic E-state index is 0.00813. The molecular formula is C17H16F3N3O4. The van der Waals surface area contributed by atoms with Crippen molar-refractivity contribution in [1.29, 1.82) is 0 Å². The lowest BCUT2D eigenvalue weighted by Gasteiger charge is -2.11. The molecule has 0 aliphatic carbocycles. The molecule has 0 unspecified atom stereocenters. The number of hydrogen-bond donors (Lipinski definition) is 2. The van der Waals surface area contributed by atoms with E-state index in [0.29, 0.717) is 17.5 Å². The van der Waals surface area contributed by atoms with E-state index in [9.17, 15) is 28.1 Å². The maximum Gasteiger partial charge on any atom is 0.416 e. The summed E-state index contributed by atoms with van der Waals surface area (Å²) in [5, 5.41) is 16.2. The number of amides is 1. The van der Waals surface area contributed by atoms with Crippen molar-refractivity contribution in [3.63, 3.8) is 0 Å². The molecule has 0 radical (unpaired) electrons. The number of anilines is 2. The summed E-state index contributed by atoms with van der Waals surface area (Å²) < 4.78 is 43.0. The van der Waals surface area contributed by atoms with Crippen molar-refractivity contribution < 1.29 is 27.6 Å². The molecular weight excluding hydrogens is 367 g/mol. The molecule has 0 fully saturated rings. The molecule has 0 aromatic heterocycles. The van der Waals surface area contributed by atoms with Gasteiger partial charge in [0.2, 0.25) is 5.91 Å². The van der Waals surface area contributed by atoms with Crippen molar-refractivity contribution >= 4 is 23.0 Å². The summed E-state index contributed by atoms with van der Waals surface area (Å²) in [5.41, 5.74) is -1.37. The van der Waals surface area contributed by atoms with Gasteiger partial charge in [0, 0.05) is 24.7 Å². The van der Waals surface area contributed by atoms with Crippen LogP contribution in [0, 0.1) is 10.1 Å². The predicted molar refractivity (Wildman–Crippen MR) is 92.8 cm³/mol. The summed E-state index contributed by atoms with van der Waals surface area (Å²) >= 11 is 0. The lowest BCUT2D eigenvalue weighted by Crippen LogP contribution is -2.16. The summed E-state index contributed by atoms with van der Waals surface area (Å²) in [6.45, 7) is 0.00813. The first-order chi connectivity index (χ1) is 12.7. The van der Waals surface area contributed by atoms with Gasteiger partial charge >= 0.3 is 6.18 Å². The smallest absolute Gasteiger partial charge is 0.416 e. The van der Waals surface area contributed by atoms with Gasteiger partial charge in [0.25, 0.3) is 5.69 Å². The Bertz CT molecular complexity index is 823. The van der Waals surface area contributed by atoms with Crippen LogP contribution in [0.1, 0.15) is 12.0 Å². The normalized spacial score (nSPS) is 11.0. The van der Waals surface area contributed by atoms with Crippen LogP contribution in [0.3, 0.4) is 0 Å². The van der Waals surface area contributed by atoms with E-state index in [4.69, 9.17) is 4.74 Å². The molecule has 2 aromatic rings. The van der Waals surface area contributed by atoms with Gasteiger partial charge in [-0.05, 0) is 36.4 Å². The minimum Gasteiger partial charge on any atom is -0.497 e. The van der Waals surface area contributed by atoms with Gasteiger partial charge in [-0.2, -0.15) is 13.2 Å². The Morgan fingerprint density at radius 1 is 1.19 bits per heavy atom. The van der Waals surface area contributed by atoms with Crippen molar-refractivity contribution in [3.05, 3.63) is 58.1 Å². The van der Waals surface area contributed by atoms with Crippen LogP contribution in [0.2, 0.25) is 0 Å². The fourth-order valence-corrected chi connectivity index (χ4v) is 2.22. The van der Waals surface area contributed by atoms with Gasteiger partial charge in [0.05, 0.1) is 17.6 Å². The van der Waals surface area contributed by atoms with Crippen LogP contribution in [-0.4, -0.2) is 24.5 Å². The van der Waals surface area contributed by atoms with Crippen LogP contribution in [-0.2, 0) is 11.0 Å². The highest BCUT2D eigenvalue weighted by Crippen LogP contribution is 2.34. The maximum absolute atomic E-state index is 12.7. The van der Waals surface area contributed by atoms with Crippen molar-refractivity contribution in [2.45, 2.75) is 12.6 Å². The van der Waals surface area contributed by atoms with Gasteiger partial charge in [-0.15, -0.1) is 0 Å². The number of nitrogens with one attached hydrogen (secondary N) is 2. The first-order valence-corrected chi connectivity index (χ1v) is 7.74. The molecule has 0 saturated heterocycles. The van der Waals surface area contributed by atoms with E-state index in [1.54, 1.807) is 24.3 Å². The summed E-state index contributed by atoms with van der Waals surface area (Å²) in [6, 6.07) is 8.80. The van der Waals surface area contributed by atoms with E-state index in [-0.39, 0.29) is 24.6 Å². The van der Waals surface area contributed by atoms with E-state index in [0.717, 1.165) is 12.1 Å². The quantitative estimate of drug-likeness (QED) is 0.555. The topological polar surface area (TPSA) is 93.5 Å². The Hall–Kier alpha value is -3.30. The number of nitro benzene ring substituents is 1. The Kier molecular flexibility index (Phi) is 6.22. The second-order valence-electron chi connectivity index (χ2n) is 5.44. The molecule has 0 aliphatic heterocycles. The van der Waals surface area contributed by atoms with Crippen LogP contribution in [0.4, 0.5) is 30.2 Å². The fourth-order valence-electron chi connectivity index (χ4n) is 2.22. The lowest BCUT2D eigenvalue weighted by molar-refractivity contribution is -0.384. The largest absolute Gasteiger partial charge is 0.497 e. The standard InChI is InChI=1S/C17H16F3N3O4/c1-27-13-5-3-12(4-6-13)22-16(24)8-9-21-14-7-2-11(17(18,19)20)10-15(14)23(25)26/h2-7,10,21H,8-9H2,1H3,(H,22,24). The summed E-state index contributed by atoms with van der Waals surface area (Å²) in [6.07, 6.45) is -4.72. The van der Waals surface area contributed by atoms with Gasteiger partial charge in [-0.25, -0.2) is 0 Å². The molecule has 0 spiro atoms. The van der Waals surface area contributed by atoms with Gasteiger partial charge in [-0.1, -0.05) is 0 Å². The Balaban J connectivity index is 1.95. The number of nitro groups is 1. The zero-order valence-electron chi connectivity index (χ0n) is 14.2. The highest BCUT2D eigenvalue weighted by molar-refractivity contribution is 5.91. The predicted octanol–water partition coefficient (Wildman–Crippen LogP) is 4.06. The molecule has 0 aliphatic rings. The third kappa shape index (κ3) is 5.59. The molecule has 144 valence electrons. The number of alkyl halides is 3. The zero-order chi connectivity index (χ0) is 20.0. The van der Waals surface area contributed by atoms with Crippen LogP contribution < -0.4 is 15.4 Å². The fraction of sp³-hybridized carbons (Fsp3) is 0.235. The number of carbonyl (C=O) groups excluding carboxylic acids is 1. The Morgan fingerprint density at radius 2 is 1.85 bits per heavy atom. The Morgan fingerprint density at radius 3 is 2.41 bits per heavy atom. The first kappa shape index (κ1) is 20.0. The zero-order valence-corrected chi connectivity index (χ0v) is 14.2. The van der Waals surface area contributed by atoms with Crippen LogP contribution in [0.25, 0.3) is 0 Å². The third-order valence-corrected chi connectivity index (χ3v) is 3.56. The van der Waals surface area contributed by atoms with Crippen LogP contribution in [0.5, 0.6) is 5.75 Å². The maximum atomic E-state index is 12.7. The van der Waals surface area contributed by atoms with E-state index in [2.05, 4.69) is 10.6 Å². The summed E-state index contributed by atoms with van der Waals surface area (Å²) in [5.74, 6) is 0.270. The number of methoxy groups -OCH3 is 1. The lowest BCUT2D eigenvalue weighted by atomic mass is 10.1. The van der Waals surface area contributed by atoms with E-state index in [1.807, 2.05) is 0 Å². The molecule has 0 bridgehead atoms. The number of rotatable bonds is 7. The summed E-state index contributed by atoms with van der Waals surface area (Å²) in [7, 11) is 1.51. The van der Waals surface area contributed by atoms with E-state index in [1.165, 1.54) is 7.11 Å². The number of ether oxygens (including phenoxy) is 1. The average Bonchev–Trinajstić information content (AvgIpc) is 2.61. The van der Waals surface area contributed by atoms with Gasteiger partial charge in [0.15, 0.2) is 0 Å².